The van der Waals surface area contributed by atoms with E-state index in [1.165, 1.54) is 24.3 Å². The standard InChI is InChI=1S/C19H15F2NO4/c20-19(21)25-15-8-6-13(7-9-15)10-18(23)24-12-16-11-17(22-26-16)14-4-2-1-3-5-14/h1-9,11,19H,10,12H2. The normalized spacial score (nSPS) is 10.7. The second-order valence-electron chi connectivity index (χ2n) is 5.40. The minimum absolute atomic E-state index is 0.00857. The maximum Gasteiger partial charge on any atom is 0.387 e. The third-order valence-electron chi connectivity index (χ3n) is 3.50. The van der Waals surface area contributed by atoms with E-state index in [2.05, 4.69) is 9.89 Å². The first kappa shape index (κ1) is 17.6. The van der Waals surface area contributed by atoms with E-state index in [1.807, 2.05) is 30.3 Å². The number of aromatic nitrogens is 1. The first-order valence-corrected chi connectivity index (χ1v) is 7.80. The molecule has 3 rings (SSSR count). The Hall–Kier alpha value is -3.22. The molecule has 0 aliphatic heterocycles. The van der Waals surface area contributed by atoms with Gasteiger partial charge >= 0.3 is 12.6 Å². The predicted molar refractivity (Wildman–Crippen MR) is 88.5 cm³/mol. The molecule has 0 saturated carbocycles. The van der Waals surface area contributed by atoms with Crippen LogP contribution in [0.25, 0.3) is 11.3 Å². The van der Waals surface area contributed by atoms with Crippen molar-refractivity contribution in [1.29, 1.82) is 0 Å². The van der Waals surface area contributed by atoms with Crippen LogP contribution >= 0.6 is 0 Å². The molecule has 0 radical (unpaired) electrons. The minimum atomic E-state index is -2.88. The predicted octanol–water partition coefficient (Wildman–Crippen LogP) is 4.23. The molecule has 1 aromatic heterocycles. The molecule has 0 unspecified atom stereocenters. The Morgan fingerprint density at radius 1 is 1.08 bits per heavy atom. The molecule has 134 valence electrons. The highest BCUT2D eigenvalue weighted by molar-refractivity contribution is 5.72. The van der Waals surface area contributed by atoms with E-state index in [4.69, 9.17) is 9.26 Å². The second-order valence-corrected chi connectivity index (χ2v) is 5.40. The van der Waals surface area contributed by atoms with Crippen molar-refractivity contribution in [1.82, 2.24) is 5.16 Å². The van der Waals surface area contributed by atoms with Crippen molar-refractivity contribution in [2.75, 3.05) is 0 Å². The van der Waals surface area contributed by atoms with E-state index < -0.39 is 12.6 Å². The van der Waals surface area contributed by atoms with Gasteiger partial charge in [-0.3, -0.25) is 4.79 Å². The lowest BCUT2D eigenvalue weighted by Crippen LogP contribution is -2.08. The van der Waals surface area contributed by atoms with Crippen molar-refractivity contribution < 1.29 is 27.6 Å². The summed E-state index contributed by atoms with van der Waals surface area (Å²) < 4.78 is 38.7. The van der Waals surface area contributed by atoms with Crippen molar-refractivity contribution in [2.24, 2.45) is 0 Å². The molecular weight excluding hydrogens is 344 g/mol. The number of esters is 1. The van der Waals surface area contributed by atoms with Gasteiger partial charge < -0.3 is 14.0 Å². The lowest BCUT2D eigenvalue weighted by atomic mass is 10.1. The molecule has 0 amide bonds. The number of carbonyl (C=O) groups is 1. The summed E-state index contributed by atoms with van der Waals surface area (Å²) in [5.41, 5.74) is 2.19. The lowest BCUT2D eigenvalue weighted by Gasteiger charge is -2.06. The Labute approximate surface area is 148 Å². The topological polar surface area (TPSA) is 61.6 Å². The number of rotatable bonds is 7. The quantitative estimate of drug-likeness (QED) is 0.591. The van der Waals surface area contributed by atoms with Crippen LogP contribution < -0.4 is 4.74 Å². The molecule has 0 bridgehead atoms. The summed E-state index contributed by atoms with van der Waals surface area (Å²) in [6.45, 7) is -2.92. The largest absolute Gasteiger partial charge is 0.457 e. The highest BCUT2D eigenvalue weighted by Crippen LogP contribution is 2.19. The van der Waals surface area contributed by atoms with Gasteiger partial charge in [0.15, 0.2) is 12.4 Å². The van der Waals surface area contributed by atoms with Crippen LogP contribution in [0.15, 0.2) is 65.2 Å². The fourth-order valence-electron chi connectivity index (χ4n) is 2.28. The molecule has 3 aromatic rings. The smallest absolute Gasteiger partial charge is 0.387 e. The molecule has 5 nitrogen and oxygen atoms in total. The first-order valence-electron chi connectivity index (χ1n) is 7.80. The molecule has 1 heterocycles. The van der Waals surface area contributed by atoms with Crippen molar-refractivity contribution in [3.8, 4) is 17.0 Å². The Kier molecular flexibility index (Phi) is 5.58. The van der Waals surface area contributed by atoms with Crippen molar-refractivity contribution in [2.45, 2.75) is 19.6 Å². The monoisotopic (exact) mass is 359 g/mol. The van der Waals surface area contributed by atoms with Gasteiger partial charge in [0.2, 0.25) is 0 Å². The maximum atomic E-state index is 12.1. The third-order valence-corrected chi connectivity index (χ3v) is 3.50. The zero-order valence-corrected chi connectivity index (χ0v) is 13.6. The van der Waals surface area contributed by atoms with Crippen LogP contribution in [0.2, 0.25) is 0 Å². The lowest BCUT2D eigenvalue weighted by molar-refractivity contribution is -0.144. The van der Waals surface area contributed by atoms with Gasteiger partial charge in [0.1, 0.15) is 11.4 Å². The number of ether oxygens (including phenoxy) is 2. The third kappa shape index (κ3) is 4.89. The maximum absolute atomic E-state index is 12.1. The molecule has 0 fully saturated rings. The fourth-order valence-corrected chi connectivity index (χ4v) is 2.28. The molecule has 0 spiro atoms. The fraction of sp³-hybridized carbons (Fsp3) is 0.158. The Morgan fingerprint density at radius 3 is 2.50 bits per heavy atom. The van der Waals surface area contributed by atoms with Crippen LogP contribution in [-0.2, 0) is 22.6 Å². The van der Waals surface area contributed by atoms with Crippen LogP contribution in [0.5, 0.6) is 5.75 Å². The number of hydrogen-bond donors (Lipinski definition) is 0. The van der Waals surface area contributed by atoms with E-state index in [1.54, 1.807) is 6.07 Å². The molecule has 0 aliphatic carbocycles. The minimum Gasteiger partial charge on any atom is -0.457 e. The van der Waals surface area contributed by atoms with Crippen LogP contribution in [0.3, 0.4) is 0 Å². The molecule has 0 atom stereocenters. The number of carbonyl (C=O) groups excluding carboxylic acids is 1. The summed E-state index contributed by atoms with van der Waals surface area (Å²) >= 11 is 0. The first-order chi connectivity index (χ1) is 12.6. The van der Waals surface area contributed by atoms with Crippen molar-refractivity contribution in [3.05, 3.63) is 72.0 Å². The van der Waals surface area contributed by atoms with Gasteiger partial charge in [-0.05, 0) is 17.7 Å². The molecule has 7 heteroatoms. The highest BCUT2D eigenvalue weighted by atomic mass is 19.3. The van der Waals surface area contributed by atoms with E-state index in [-0.39, 0.29) is 18.8 Å². The zero-order valence-electron chi connectivity index (χ0n) is 13.6. The van der Waals surface area contributed by atoms with Crippen molar-refractivity contribution >= 4 is 5.97 Å². The number of benzene rings is 2. The van der Waals surface area contributed by atoms with Crippen molar-refractivity contribution in [3.63, 3.8) is 0 Å². The van der Waals surface area contributed by atoms with E-state index in [0.717, 1.165) is 5.56 Å². The molecule has 2 aromatic carbocycles. The number of halogens is 2. The highest BCUT2D eigenvalue weighted by Gasteiger charge is 2.11. The number of nitrogens with zero attached hydrogens (tertiary/aromatic N) is 1. The summed E-state index contributed by atoms with van der Waals surface area (Å²) in [4.78, 5) is 11.9. The van der Waals surface area contributed by atoms with Gasteiger partial charge in [0.05, 0.1) is 6.42 Å². The summed E-state index contributed by atoms with van der Waals surface area (Å²) in [6, 6.07) is 17.0. The zero-order chi connectivity index (χ0) is 18.4. The van der Waals surface area contributed by atoms with E-state index in [0.29, 0.717) is 17.0 Å². The SMILES string of the molecule is O=C(Cc1ccc(OC(F)F)cc1)OCc1cc(-c2ccccc2)no1. The van der Waals surface area contributed by atoms with Gasteiger partial charge in [-0.15, -0.1) is 0 Å². The summed E-state index contributed by atoms with van der Waals surface area (Å²) in [5, 5.41) is 3.94. The average molecular weight is 359 g/mol. The van der Waals surface area contributed by atoms with Crippen LogP contribution in [0, 0.1) is 0 Å². The molecular formula is C19H15F2NO4. The number of hydrogen-bond acceptors (Lipinski definition) is 5. The Balaban J connectivity index is 1.50. The molecule has 26 heavy (non-hydrogen) atoms. The van der Waals surface area contributed by atoms with Gasteiger partial charge in [0.25, 0.3) is 0 Å². The van der Waals surface area contributed by atoms with Crippen LogP contribution in [0.1, 0.15) is 11.3 Å². The van der Waals surface area contributed by atoms with Gasteiger partial charge in [-0.25, -0.2) is 0 Å². The Bertz CT molecular complexity index is 847. The van der Waals surface area contributed by atoms with Gasteiger partial charge in [0, 0.05) is 11.6 Å². The summed E-state index contributed by atoms with van der Waals surface area (Å²) in [6.07, 6.45) is 0.00857. The van der Waals surface area contributed by atoms with Gasteiger partial charge in [-0.1, -0.05) is 47.6 Å². The second kappa shape index (κ2) is 8.24. The average Bonchev–Trinajstić information content (AvgIpc) is 3.11. The van der Waals surface area contributed by atoms with E-state index in [9.17, 15) is 13.6 Å². The Morgan fingerprint density at radius 2 is 1.81 bits per heavy atom. The summed E-state index contributed by atoms with van der Waals surface area (Å²) in [5.74, 6) is -0.00436. The number of alkyl halides is 2. The van der Waals surface area contributed by atoms with E-state index >= 15 is 0 Å². The molecule has 0 saturated heterocycles. The molecule has 0 aliphatic rings. The van der Waals surface area contributed by atoms with Crippen LogP contribution in [0.4, 0.5) is 8.78 Å². The van der Waals surface area contributed by atoms with Crippen LogP contribution in [-0.4, -0.2) is 17.7 Å². The summed E-state index contributed by atoms with van der Waals surface area (Å²) in [7, 11) is 0. The molecule has 0 N–H and O–H groups in total. The van der Waals surface area contributed by atoms with Gasteiger partial charge in [-0.2, -0.15) is 8.78 Å².